The van der Waals surface area contributed by atoms with Crippen LogP contribution in [-0.2, 0) is 11.4 Å². The first kappa shape index (κ1) is 23.0. The van der Waals surface area contributed by atoms with E-state index in [1.54, 1.807) is 6.08 Å². The zero-order chi connectivity index (χ0) is 24.2. The Balaban J connectivity index is 1.35. The maximum absolute atomic E-state index is 13.0. The zero-order valence-electron chi connectivity index (χ0n) is 20.0. The van der Waals surface area contributed by atoms with Gasteiger partial charge in [-0.05, 0) is 59.9 Å². The van der Waals surface area contributed by atoms with Crippen LogP contribution in [0.2, 0.25) is 0 Å². The Morgan fingerprint density at radius 3 is 2.57 bits per heavy atom. The van der Waals surface area contributed by atoms with Gasteiger partial charge in [0.1, 0.15) is 12.3 Å². The van der Waals surface area contributed by atoms with Crippen LogP contribution >= 0.6 is 0 Å². The number of amides is 3. The minimum absolute atomic E-state index is 0.00835. The van der Waals surface area contributed by atoms with Crippen LogP contribution in [0.5, 0.6) is 11.5 Å². The molecule has 35 heavy (non-hydrogen) atoms. The van der Waals surface area contributed by atoms with E-state index >= 15 is 0 Å². The van der Waals surface area contributed by atoms with Gasteiger partial charge in [0.2, 0.25) is 0 Å². The van der Waals surface area contributed by atoms with Crippen molar-refractivity contribution < 1.29 is 19.1 Å². The number of carbonyl (C=O) groups is 2. The molecule has 180 valence electrons. The third-order valence-corrected chi connectivity index (χ3v) is 6.69. The monoisotopic (exact) mass is 470 g/mol. The first-order valence-corrected chi connectivity index (χ1v) is 12.4. The van der Waals surface area contributed by atoms with Gasteiger partial charge in [-0.2, -0.15) is 0 Å². The van der Waals surface area contributed by atoms with E-state index in [0.717, 1.165) is 48.6 Å². The molecule has 6 nitrogen and oxygen atoms in total. The van der Waals surface area contributed by atoms with Crippen LogP contribution < -0.4 is 14.8 Å². The van der Waals surface area contributed by atoms with Crippen molar-refractivity contribution in [1.82, 2.24) is 10.2 Å². The van der Waals surface area contributed by atoms with Crippen molar-refractivity contribution in [2.45, 2.75) is 51.7 Å². The van der Waals surface area contributed by atoms with Gasteiger partial charge >= 0.3 is 6.03 Å². The minimum atomic E-state index is -0.326. The number of nitrogens with zero attached hydrogens (tertiary/aromatic N) is 1. The maximum Gasteiger partial charge on any atom is 0.329 e. The van der Waals surface area contributed by atoms with Gasteiger partial charge in [0, 0.05) is 6.04 Å². The number of urea groups is 1. The number of nitrogens with one attached hydrogen (secondary N) is 1. The van der Waals surface area contributed by atoms with Gasteiger partial charge in [-0.3, -0.25) is 9.69 Å². The molecule has 0 spiro atoms. The molecule has 6 heteroatoms. The number of hydrogen-bond acceptors (Lipinski definition) is 4. The molecule has 1 heterocycles. The van der Waals surface area contributed by atoms with Crippen molar-refractivity contribution in [2.75, 3.05) is 6.61 Å². The fraction of sp³-hybridized carbons (Fsp3) is 0.310. The topological polar surface area (TPSA) is 67.9 Å². The summed E-state index contributed by atoms with van der Waals surface area (Å²) in [7, 11) is 0. The molecule has 3 aromatic rings. The molecular weight excluding hydrogens is 440 g/mol. The maximum atomic E-state index is 13.0. The van der Waals surface area contributed by atoms with Gasteiger partial charge in [0.25, 0.3) is 5.91 Å². The average molecular weight is 471 g/mol. The lowest BCUT2D eigenvalue weighted by Crippen LogP contribution is -2.41. The number of imide groups is 1. The van der Waals surface area contributed by atoms with Gasteiger partial charge in [-0.25, -0.2) is 4.79 Å². The molecule has 3 aromatic carbocycles. The SMILES string of the molecule is CCOc1cc(/C=C2\NC(=O)N(C3CCCCC3)C2=O)ccc1OCc1cccc2ccccc12. The Hall–Kier alpha value is -3.80. The number of fused-ring (bicyclic) bond motifs is 1. The molecule has 1 N–H and O–H groups in total. The number of rotatable bonds is 7. The van der Waals surface area contributed by atoms with Crippen LogP contribution in [0.25, 0.3) is 16.8 Å². The molecule has 2 fully saturated rings. The molecule has 0 bridgehead atoms. The molecule has 0 unspecified atom stereocenters. The number of ether oxygens (including phenoxy) is 2. The highest BCUT2D eigenvalue weighted by atomic mass is 16.5. The van der Waals surface area contributed by atoms with Gasteiger partial charge in [0.15, 0.2) is 11.5 Å². The van der Waals surface area contributed by atoms with E-state index in [9.17, 15) is 9.59 Å². The Bertz CT molecular complexity index is 1270. The van der Waals surface area contributed by atoms with Crippen LogP contribution in [0.4, 0.5) is 4.79 Å². The lowest BCUT2D eigenvalue weighted by Gasteiger charge is -2.28. The van der Waals surface area contributed by atoms with Crippen molar-refractivity contribution in [3.8, 4) is 11.5 Å². The Morgan fingerprint density at radius 2 is 1.74 bits per heavy atom. The van der Waals surface area contributed by atoms with Crippen molar-refractivity contribution in [1.29, 1.82) is 0 Å². The van der Waals surface area contributed by atoms with Crippen molar-refractivity contribution in [3.63, 3.8) is 0 Å². The third kappa shape index (κ3) is 4.87. The highest BCUT2D eigenvalue weighted by molar-refractivity contribution is 6.14. The predicted molar refractivity (Wildman–Crippen MR) is 136 cm³/mol. The molecule has 1 saturated heterocycles. The zero-order valence-corrected chi connectivity index (χ0v) is 20.0. The van der Waals surface area contributed by atoms with E-state index in [2.05, 4.69) is 29.6 Å². The van der Waals surface area contributed by atoms with Gasteiger partial charge in [0.05, 0.1) is 6.61 Å². The summed E-state index contributed by atoms with van der Waals surface area (Å²) in [5.41, 5.74) is 2.16. The molecule has 3 amide bonds. The Morgan fingerprint density at radius 1 is 0.943 bits per heavy atom. The molecule has 1 aliphatic heterocycles. The minimum Gasteiger partial charge on any atom is -0.490 e. The summed E-state index contributed by atoms with van der Waals surface area (Å²) < 4.78 is 12.0. The van der Waals surface area contributed by atoms with Gasteiger partial charge < -0.3 is 14.8 Å². The van der Waals surface area contributed by atoms with E-state index in [1.165, 1.54) is 10.3 Å². The third-order valence-electron chi connectivity index (χ3n) is 6.69. The van der Waals surface area contributed by atoms with E-state index in [-0.39, 0.29) is 18.0 Å². The van der Waals surface area contributed by atoms with Crippen LogP contribution in [0.15, 0.2) is 66.4 Å². The summed E-state index contributed by atoms with van der Waals surface area (Å²) in [6, 6.07) is 19.7. The van der Waals surface area contributed by atoms with E-state index in [1.807, 2.05) is 43.3 Å². The molecule has 0 atom stereocenters. The van der Waals surface area contributed by atoms with Crippen molar-refractivity contribution in [3.05, 3.63) is 77.5 Å². The van der Waals surface area contributed by atoms with Crippen molar-refractivity contribution >= 4 is 28.8 Å². The van der Waals surface area contributed by atoms with Crippen LogP contribution in [-0.4, -0.2) is 29.5 Å². The molecular formula is C29H30N2O4. The Kier molecular flexibility index (Phi) is 6.70. The summed E-state index contributed by atoms with van der Waals surface area (Å²) in [4.78, 5) is 26.9. The van der Waals surface area contributed by atoms with Crippen LogP contribution in [0.1, 0.15) is 50.2 Å². The highest BCUT2D eigenvalue weighted by Crippen LogP contribution is 2.32. The van der Waals surface area contributed by atoms with Gasteiger partial charge in [-0.1, -0.05) is 67.8 Å². The average Bonchev–Trinajstić information content (AvgIpc) is 3.16. The summed E-state index contributed by atoms with van der Waals surface area (Å²) in [6.45, 7) is 2.81. The van der Waals surface area contributed by atoms with Gasteiger partial charge in [-0.15, -0.1) is 0 Å². The Labute approximate surface area is 205 Å². The summed E-state index contributed by atoms with van der Waals surface area (Å²) in [5.74, 6) is 0.978. The standard InChI is InChI=1S/C29H30N2O4/c1-2-34-27-18-20(17-25-28(32)31(29(33)30-25)23-12-4-3-5-13-23)15-16-26(27)35-19-22-11-8-10-21-9-6-7-14-24(21)22/h6-11,14-18,23H,2-5,12-13,19H2,1H3,(H,30,33)/b25-17-. The largest absolute Gasteiger partial charge is 0.490 e. The number of carbonyl (C=O) groups excluding carboxylic acids is 2. The van der Waals surface area contributed by atoms with E-state index < -0.39 is 0 Å². The molecule has 5 rings (SSSR count). The molecule has 0 aromatic heterocycles. The molecule has 0 radical (unpaired) electrons. The summed E-state index contributed by atoms with van der Waals surface area (Å²) in [5, 5.41) is 5.09. The molecule has 1 aliphatic carbocycles. The van der Waals surface area contributed by atoms with E-state index in [4.69, 9.17) is 9.47 Å². The first-order chi connectivity index (χ1) is 17.1. The fourth-order valence-corrected chi connectivity index (χ4v) is 4.96. The second-order valence-corrected chi connectivity index (χ2v) is 9.02. The molecule has 1 saturated carbocycles. The second kappa shape index (κ2) is 10.2. The van der Waals surface area contributed by atoms with Crippen LogP contribution in [0.3, 0.4) is 0 Å². The second-order valence-electron chi connectivity index (χ2n) is 9.02. The smallest absolute Gasteiger partial charge is 0.329 e. The molecule has 2 aliphatic rings. The van der Waals surface area contributed by atoms with Crippen LogP contribution in [0, 0.1) is 0 Å². The first-order valence-electron chi connectivity index (χ1n) is 12.4. The quantitative estimate of drug-likeness (QED) is 0.338. The summed E-state index contributed by atoms with van der Waals surface area (Å²) in [6.07, 6.45) is 6.74. The normalized spacial score (nSPS) is 17.7. The number of benzene rings is 3. The predicted octanol–water partition coefficient (Wildman–Crippen LogP) is 6.04. The lowest BCUT2D eigenvalue weighted by molar-refractivity contribution is -0.124. The lowest BCUT2D eigenvalue weighted by atomic mass is 9.94. The van der Waals surface area contributed by atoms with E-state index in [0.29, 0.717) is 30.4 Å². The van der Waals surface area contributed by atoms with Crippen molar-refractivity contribution in [2.24, 2.45) is 0 Å². The fourth-order valence-electron chi connectivity index (χ4n) is 4.96. The summed E-state index contributed by atoms with van der Waals surface area (Å²) >= 11 is 0. The number of hydrogen-bond donors (Lipinski definition) is 1. The highest BCUT2D eigenvalue weighted by Gasteiger charge is 2.38.